The van der Waals surface area contributed by atoms with Gasteiger partial charge in [-0.3, -0.25) is 9.59 Å². The molecule has 0 spiro atoms. The summed E-state index contributed by atoms with van der Waals surface area (Å²) in [5.74, 6) is 0.400. The van der Waals surface area contributed by atoms with Crippen molar-refractivity contribution in [2.75, 3.05) is 7.11 Å². The highest BCUT2D eigenvalue weighted by molar-refractivity contribution is 6.05. The van der Waals surface area contributed by atoms with Gasteiger partial charge in [0.25, 0.3) is 0 Å². The zero-order chi connectivity index (χ0) is 15.0. The fraction of sp³-hybridized carbons (Fsp3) is 0.643. The second kappa shape index (κ2) is 4.92. The molecule has 6 nitrogen and oxygen atoms in total. The highest BCUT2D eigenvalue weighted by atomic mass is 16.5. The third-order valence-electron chi connectivity index (χ3n) is 3.45. The summed E-state index contributed by atoms with van der Waals surface area (Å²) in [4.78, 5) is 27.7. The van der Waals surface area contributed by atoms with Gasteiger partial charge in [-0.25, -0.2) is 4.98 Å². The molecule has 1 N–H and O–H groups in total. The normalized spacial score (nSPS) is 16.6. The van der Waals surface area contributed by atoms with Crippen LogP contribution in [0.2, 0.25) is 0 Å². The van der Waals surface area contributed by atoms with E-state index < -0.39 is 11.4 Å². The molecule has 1 amide bonds. The van der Waals surface area contributed by atoms with E-state index >= 15 is 0 Å². The van der Waals surface area contributed by atoms with Gasteiger partial charge in [0.05, 0.1) is 19.9 Å². The van der Waals surface area contributed by atoms with Gasteiger partial charge in [-0.1, -0.05) is 20.8 Å². The fourth-order valence-corrected chi connectivity index (χ4v) is 1.91. The van der Waals surface area contributed by atoms with Gasteiger partial charge in [0, 0.05) is 5.41 Å². The van der Waals surface area contributed by atoms with E-state index in [0.29, 0.717) is 18.7 Å². The summed E-state index contributed by atoms with van der Waals surface area (Å²) in [6.45, 7) is 6.23. The van der Waals surface area contributed by atoms with Crippen molar-refractivity contribution in [3.05, 3.63) is 17.8 Å². The van der Waals surface area contributed by atoms with Crippen LogP contribution >= 0.6 is 0 Å². The lowest BCUT2D eigenvalue weighted by Gasteiger charge is -2.13. The highest BCUT2D eigenvalue weighted by Crippen LogP contribution is 2.46. The minimum atomic E-state index is -0.992. The maximum Gasteiger partial charge on any atom is 0.321 e. The number of esters is 1. The summed E-state index contributed by atoms with van der Waals surface area (Å²) in [6, 6.07) is 0. The molecule has 1 saturated carbocycles. The quantitative estimate of drug-likeness (QED) is 0.668. The third kappa shape index (κ3) is 2.69. The molecule has 0 saturated heterocycles. The number of amides is 1. The molecule has 20 heavy (non-hydrogen) atoms. The van der Waals surface area contributed by atoms with E-state index in [0.717, 1.165) is 5.76 Å². The van der Waals surface area contributed by atoms with Crippen molar-refractivity contribution in [2.45, 2.75) is 45.6 Å². The summed E-state index contributed by atoms with van der Waals surface area (Å²) in [5, 5.41) is 2.69. The molecule has 110 valence electrons. The van der Waals surface area contributed by atoms with Gasteiger partial charge in [-0.15, -0.1) is 0 Å². The minimum Gasteiger partial charge on any atom is -0.468 e. The van der Waals surface area contributed by atoms with Crippen molar-refractivity contribution in [3.63, 3.8) is 0 Å². The van der Waals surface area contributed by atoms with Crippen molar-refractivity contribution < 1.29 is 18.7 Å². The topological polar surface area (TPSA) is 81.4 Å². The lowest BCUT2D eigenvalue weighted by atomic mass is 9.94. The molecule has 0 bridgehead atoms. The van der Waals surface area contributed by atoms with E-state index in [2.05, 4.69) is 15.0 Å². The Morgan fingerprint density at radius 2 is 2.10 bits per heavy atom. The molecule has 1 heterocycles. The number of nitrogens with zero attached hydrogens (tertiary/aromatic N) is 1. The number of methoxy groups -OCH3 is 1. The SMILES string of the molecule is COC(=O)C1(C(=O)NCc2ncc(C(C)(C)C)o2)CC1. The zero-order valence-electron chi connectivity index (χ0n) is 12.3. The van der Waals surface area contributed by atoms with Crippen molar-refractivity contribution in [3.8, 4) is 0 Å². The van der Waals surface area contributed by atoms with Gasteiger partial charge in [0.1, 0.15) is 11.2 Å². The molecule has 0 atom stereocenters. The molecule has 0 aromatic carbocycles. The van der Waals surface area contributed by atoms with Crippen LogP contribution in [0.3, 0.4) is 0 Å². The standard InChI is InChI=1S/C14H20N2O4/c1-13(2,3)9-7-15-10(20-9)8-16-11(17)14(5-6-14)12(18)19-4/h7H,5-6,8H2,1-4H3,(H,16,17). The number of carbonyl (C=O) groups excluding carboxylic acids is 2. The highest BCUT2D eigenvalue weighted by Gasteiger charge is 2.57. The van der Waals surface area contributed by atoms with Crippen LogP contribution in [0, 0.1) is 5.41 Å². The van der Waals surface area contributed by atoms with Crippen LogP contribution in [-0.2, 0) is 26.3 Å². The summed E-state index contributed by atoms with van der Waals surface area (Å²) in [7, 11) is 1.29. The number of nitrogens with one attached hydrogen (secondary N) is 1. The maximum atomic E-state index is 12.0. The molecule has 0 aliphatic heterocycles. The van der Waals surface area contributed by atoms with Crippen LogP contribution in [0.25, 0.3) is 0 Å². The fourth-order valence-electron chi connectivity index (χ4n) is 1.91. The second-order valence-electron chi connectivity index (χ2n) is 6.12. The van der Waals surface area contributed by atoms with Crippen LogP contribution < -0.4 is 5.32 Å². The van der Waals surface area contributed by atoms with Crippen LogP contribution in [-0.4, -0.2) is 24.0 Å². The van der Waals surface area contributed by atoms with E-state index in [1.54, 1.807) is 6.20 Å². The van der Waals surface area contributed by atoms with E-state index in [4.69, 9.17) is 4.42 Å². The first-order valence-corrected chi connectivity index (χ1v) is 6.61. The van der Waals surface area contributed by atoms with Crippen LogP contribution in [0.15, 0.2) is 10.6 Å². The van der Waals surface area contributed by atoms with Crippen LogP contribution in [0.1, 0.15) is 45.3 Å². The van der Waals surface area contributed by atoms with E-state index in [-0.39, 0.29) is 17.9 Å². The van der Waals surface area contributed by atoms with E-state index in [1.807, 2.05) is 20.8 Å². The van der Waals surface area contributed by atoms with Gasteiger partial charge >= 0.3 is 5.97 Å². The molecule has 0 radical (unpaired) electrons. The van der Waals surface area contributed by atoms with Crippen LogP contribution in [0.4, 0.5) is 0 Å². The lowest BCUT2D eigenvalue weighted by molar-refractivity contribution is -0.152. The summed E-state index contributed by atoms with van der Waals surface area (Å²) in [5.41, 5.74) is -1.12. The van der Waals surface area contributed by atoms with Crippen molar-refractivity contribution in [2.24, 2.45) is 5.41 Å². The Morgan fingerprint density at radius 3 is 2.55 bits per heavy atom. The average molecular weight is 280 g/mol. The largest absolute Gasteiger partial charge is 0.468 e. The molecule has 1 aromatic heterocycles. The third-order valence-corrected chi connectivity index (χ3v) is 3.45. The Bertz CT molecular complexity index is 524. The molecule has 0 unspecified atom stereocenters. The summed E-state index contributed by atoms with van der Waals surface area (Å²) < 4.78 is 10.2. The van der Waals surface area contributed by atoms with E-state index in [1.165, 1.54) is 7.11 Å². The van der Waals surface area contributed by atoms with Gasteiger partial charge in [0.2, 0.25) is 11.8 Å². The van der Waals surface area contributed by atoms with Gasteiger partial charge in [-0.05, 0) is 12.8 Å². The number of aromatic nitrogens is 1. The lowest BCUT2D eigenvalue weighted by Crippen LogP contribution is -2.37. The Kier molecular flexibility index (Phi) is 3.58. The molecule has 6 heteroatoms. The minimum absolute atomic E-state index is 0.126. The van der Waals surface area contributed by atoms with Gasteiger partial charge in [-0.2, -0.15) is 0 Å². The number of ether oxygens (including phenoxy) is 1. The molecule has 1 aliphatic rings. The first-order chi connectivity index (χ1) is 9.29. The van der Waals surface area contributed by atoms with Crippen LogP contribution in [0.5, 0.6) is 0 Å². The molecule has 1 fully saturated rings. The monoisotopic (exact) mass is 280 g/mol. The number of carbonyl (C=O) groups is 2. The van der Waals surface area contributed by atoms with Crippen molar-refractivity contribution in [1.29, 1.82) is 0 Å². The summed E-state index contributed by atoms with van der Waals surface area (Å²) in [6.07, 6.45) is 2.73. The first-order valence-electron chi connectivity index (χ1n) is 6.61. The second-order valence-corrected chi connectivity index (χ2v) is 6.12. The molecule has 1 aromatic rings. The smallest absolute Gasteiger partial charge is 0.321 e. The Balaban J connectivity index is 1.95. The number of hydrogen-bond acceptors (Lipinski definition) is 5. The van der Waals surface area contributed by atoms with Crippen molar-refractivity contribution in [1.82, 2.24) is 10.3 Å². The van der Waals surface area contributed by atoms with E-state index in [9.17, 15) is 9.59 Å². The zero-order valence-corrected chi connectivity index (χ0v) is 12.3. The molecular formula is C14H20N2O4. The Hall–Kier alpha value is -1.85. The number of rotatable bonds is 4. The van der Waals surface area contributed by atoms with Crippen molar-refractivity contribution >= 4 is 11.9 Å². The predicted molar refractivity (Wildman–Crippen MR) is 70.7 cm³/mol. The number of hydrogen-bond donors (Lipinski definition) is 1. The summed E-state index contributed by atoms with van der Waals surface area (Å²) >= 11 is 0. The Labute approximate surface area is 117 Å². The molecular weight excluding hydrogens is 260 g/mol. The van der Waals surface area contributed by atoms with Gasteiger partial charge in [0.15, 0.2) is 0 Å². The van der Waals surface area contributed by atoms with Gasteiger partial charge < -0.3 is 14.5 Å². The first kappa shape index (κ1) is 14.6. The average Bonchev–Trinajstić information content (AvgIpc) is 3.05. The molecule has 2 rings (SSSR count). The predicted octanol–water partition coefficient (Wildman–Crippen LogP) is 1.54. The molecule has 1 aliphatic carbocycles. The maximum absolute atomic E-state index is 12.0. The Morgan fingerprint density at radius 1 is 1.45 bits per heavy atom. The number of oxazole rings is 1.